The van der Waals surface area contributed by atoms with E-state index in [2.05, 4.69) is 34.6 Å². The highest BCUT2D eigenvalue weighted by Gasteiger charge is 2.27. The average molecular weight is 242 g/mol. The van der Waals surface area contributed by atoms with Crippen LogP contribution in [0.5, 0.6) is 0 Å². The molecule has 16 heavy (non-hydrogen) atoms. The van der Waals surface area contributed by atoms with Crippen LogP contribution in [0.2, 0.25) is 6.04 Å². The van der Waals surface area contributed by atoms with Gasteiger partial charge in [0.05, 0.1) is 5.60 Å². The van der Waals surface area contributed by atoms with Gasteiger partial charge in [-0.25, -0.2) is 0 Å². The zero-order valence-corrected chi connectivity index (χ0v) is 12.9. The average Bonchev–Trinajstić information content (AvgIpc) is 2.25. The lowest BCUT2D eigenvalue weighted by Crippen LogP contribution is -2.35. The molecule has 0 aromatic carbocycles. The second kappa shape index (κ2) is 9.23. The van der Waals surface area contributed by atoms with Crippen LogP contribution in [0, 0.1) is 5.92 Å². The standard InChI is InChI=1S/C14H30OSi/c1-6-9-11-13(8-3)14(4,5)15-16-12-10-7-2/h13H,6-12H2,1-5H3. The molecule has 0 aromatic heterocycles. The Labute approximate surface area is 105 Å². The Bertz CT molecular complexity index is 157. The third kappa shape index (κ3) is 6.69. The molecule has 1 atom stereocenters. The molecule has 0 aliphatic heterocycles. The van der Waals surface area contributed by atoms with Crippen LogP contribution in [-0.2, 0) is 4.43 Å². The van der Waals surface area contributed by atoms with Crippen LogP contribution in [0.1, 0.15) is 73.1 Å². The molecule has 0 amide bonds. The lowest BCUT2D eigenvalue weighted by atomic mass is 9.85. The molecular weight excluding hydrogens is 212 g/mol. The van der Waals surface area contributed by atoms with Gasteiger partial charge in [-0.15, -0.1) is 0 Å². The Morgan fingerprint density at radius 2 is 1.69 bits per heavy atom. The summed E-state index contributed by atoms with van der Waals surface area (Å²) in [5.41, 5.74) is 0.0795. The van der Waals surface area contributed by atoms with Crippen LogP contribution in [0.15, 0.2) is 0 Å². The van der Waals surface area contributed by atoms with Crippen LogP contribution in [0.25, 0.3) is 0 Å². The van der Waals surface area contributed by atoms with E-state index in [9.17, 15) is 0 Å². The highest BCUT2D eigenvalue weighted by Crippen LogP contribution is 2.28. The van der Waals surface area contributed by atoms with Crippen molar-refractivity contribution >= 4 is 9.76 Å². The summed E-state index contributed by atoms with van der Waals surface area (Å²) in [4.78, 5) is 0. The monoisotopic (exact) mass is 242 g/mol. The Morgan fingerprint density at radius 3 is 2.19 bits per heavy atom. The zero-order valence-electron chi connectivity index (χ0n) is 11.9. The van der Waals surface area contributed by atoms with E-state index in [4.69, 9.17) is 4.43 Å². The minimum Gasteiger partial charge on any atom is -0.412 e. The molecule has 1 unspecified atom stereocenters. The van der Waals surface area contributed by atoms with Gasteiger partial charge in [0.1, 0.15) is 0 Å². The molecule has 2 heteroatoms. The Hall–Kier alpha value is 0.177. The van der Waals surface area contributed by atoms with E-state index in [0.717, 1.165) is 5.92 Å². The lowest BCUT2D eigenvalue weighted by Gasteiger charge is -2.34. The third-order valence-corrected chi connectivity index (χ3v) is 4.58. The zero-order chi connectivity index (χ0) is 12.4. The molecule has 2 radical (unpaired) electrons. The van der Waals surface area contributed by atoms with Crippen molar-refractivity contribution in [1.29, 1.82) is 0 Å². The van der Waals surface area contributed by atoms with Crippen molar-refractivity contribution in [1.82, 2.24) is 0 Å². The normalized spacial score (nSPS) is 14.1. The van der Waals surface area contributed by atoms with Crippen molar-refractivity contribution in [3.8, 4) is 0 Å². The van der Waals surface area contributed by atoms with Gasteiger partial charge in [0, 0.05) is 0 Å². The second-order valence-electron chi connectivity index (χ2n) is 5.20. The second-order valence-corrected chi connectivity index (χ2v) is 6.19. The molecule has 0 aliphatic rings. The summed E-state index contributed by atoms with van der Waals surface area (Å²) in [6.07, 6.45) is 7.78. The summed E-state index contributed by atoms with van der Waals surface area (Å²) < 4.78 is 6.11. The Balaban J connectivity index is 3.94. The minimum absolute atomic E-state index is 0.0795. The third-order valence-electron chi connectivity index (χ3n) is 3.35. The molecular formula is C14H30OSi. The summed E-state index contributed by atoms with van der Waals surface area (Å²) in [7, 11) is 0.691. The Kier molecular flexibility index (Phi) is 9.33. The summed E-state index contributed by atoms with van der Waals surface area (Å²) in [6.45, 7) is 11.3. The van der Waals surface area contributed by atoms with Gasteiger partial charge in [-0.05, 0) is 32.2 Å². The lowest BCUT2D eigenvalue weighted by molar-refractivity contribution is 0.0392. The topological polar surface area (TPSA) is 9.23 Å². The number of unbranched alkanes of at least 4 members (excludes halogenated alkanes) is 2. The van der Waals surface area contributed by atoms with Crippen LogP contribution < -0.4 is 0 Å². The number of hydrogen-bond donors (Lipinski definition) is 0. The molecule has 0 fully saturated rings. The smallest absolute Gasteiger partial charge is 0.230 e. The van der Waals surface area contributed by atoms with Crippen molar-refractivity contribution in [2.24, 2.45) is 5.92 Å². The van der Waals surface area contributed by atoms with Gasteiger partial charge in [0.15, 0.2) is 0 Å². The fraction of sp³-hybridized carbons (Fsp3) is 1.00. The largest absolute Gasteiger partial charge is 0.412 e. The van der Waals surface area contributed by atoms with Crippen LogP contribution in [0.4, 0.5) is 0 Å². The predicted octanol–water partition coefficient (Wildman–Crippen LogP) is 4.84. The van der Waals surface area contributed by atoms with E-state index in [0.29, 0.717) is 9.76 Å². The van der Waals surface area contributed by atoms with Gasteiger partial charge >= 0.3 is 0 Å². The van der Waals surface area contributed by atoms with Crippen molar-refractivity contribution in [2.45, 2.75) is 84.8 Å². The molecule has 0 bridgehead atoms. The van der Waals surface area contributed by atoms with Gasteiger partial charge in [0.2, 0.25) is 9.76 Å². The minimum atomic E-state index is 0.0795. The number of hydrogen-bond acceptors (Lipinski definition) is 1. The molecule has 0 aliphatic carbocycles. The van der Waals surface area contributed by atoms with Gasteiger partial charge in [-0.2, -0.15) is 0 Å². The quantitative estimate of drug-likeness (QED) is 0.393. The first-order chi connectivity index (χ1) is 7.58. The van der Waals surface area contributed by atoms with Crippen molar-refractivity contribution in [2.75, 3.05) is 0 Å². The molecule has 0 saturated heterocycles. The van der Waals surface area contributed by atoms with Crippen molar-refractivity contribution in [3.05, 3.63) is 0 Å². The van der Waals surface area contributed by atoms with E-state index in [-0.39, 0.29) is 5.60 Å². The maximum Gasteiger partial charge on any atom is 0.230 e. The fourth-order valence-electron chi connectivity index (χ4n) is 2.06. The summed E-state index contributed by atoms with van der Waals surface area (Å²) in [5.74, 6) is 0.724. The molecule has 0 heterocycles. The van der Waals surface area contributed by atoms with E-state index in [1.807, 2.05) is 0 Å². The predicted molar refractivity (Wildman–Crippen MR) is 73.9 cm³/mol. The molecule has 0 rings (SSSR count). The van der Waals surface area contributed by atoms with Crippen molar-refractivity contribution in [3.63, 3.8) is 0 Å². The van der Waals surface area contributed by atoms with Crippen LogP contribution in [-0.4, -0.2) is 15.4 Å². The highest BCUT2D eigenvalue weighted by molar-refractivity contribution is 6.27. The first kappa shape index (κ1) is 16.2. The highest BCUT2D eigenvalue weighted by atomic mass is 28.2. The van der Waals surface area contributed by atoms with E-state index < -0.39 is 0 Å². The first-order valence-corrected chi connectivity index (χ1v) is 8.10. The van der Waals surface area contributed by atoms with Crippen molar-refractivity contribution < 1.29 is 4.43 Å². The summed E-state index contributed by atoms with van der Waals surface area (Å²) >= 11 is 0. The van der Waals surface area contributed by atoms with E-state index >= 15 is 0 Å². The summed E-state index contributed by atoms with van der Waals surface area (Å²) in [5, 5.41) is 0. The maximum atomic E-state index is 6.11. The molecule has 1 nitrogen and oxygen atoms in total. The number of rotatable bonds is 10. The van der Waals surface area contributed by atoms with Crippen LogP contribution in [0.3, 0.4) is 0 Å². The van der Waals surface area contributed by atoms with Gasteiger partial charge in [-0.1, -0.05) is 52.9 Å². The first-order valence-electron chi connectivity index (χ1n) is 6.99. The Morgan fingerprint density at radius 1 is 1.06 bits per heavy atom. The van der Waals surface area contributed by atoms with Gasteiger partial charge in [0.25, 0.3) is 0 Å². The maximum absolute atomic E-state index is 6.11. The van der Waals surface area contributed by atoms with E-state index in [1.165, 1.54) is 44.6 Å². The van der Waals surface area contributed by atoms with Gasteiger partial charge in [-0.3, -0.25) is 0 Å². The molecule has 96 valence electrons. The molecule has 0 N–H and O–H groups in total. The summed E-state index contributed by atoms with van der Waals surface area (Å²) in [6, 6.07) is 1.24. The van der Waals surface area contributed by atoms with Crippen LogP contribution >= 0.6 is 0 Å². The molecule has 0 aromatic rings. The molecule has 0 spiro atoms. The molecule has 0 saturated carbocycles. The van der Waals surface area contributed by atoms with E-state index in [1.54, 1.807) is 0 Å². The fourth-order valence-corrected chi connectivity index (χ4v) is 3.20. The SMILES string of the molecule is CCCC[Si]OC(C)(C)C(CC)CCCC. The van der Waals surface area contributed by atoms with Gasteiger partial charge < -0.3 is 4.43 Å².